The van der Waals surface area contributed by atoms with Crippen molar-refractivity contribution in [1.29, 1.82) is 0 Å². The number of hydrogen-bond donors (Lipinski definition) is 2. The molecule has 0 fully saturated rings. The Morgan fingerprint density at radius 3 is 2.40 bits per heavy atom. The SMILES string of the molecule is NC(CC(=O)NCCOc1ccccc1C(F)(F)F)c1ccccc1. The van der Waals surface area contributed by atoms with Gasteiger partial charge in [-0.3, -0.25) is 4.79 Å². The molecule has 0 saturated heterocycles. The van der Waals surface area contributed by atoms with E-state index in [9.17, 15) is 18.0 Å². The fourth-order valence-corrected chi connectivity index (χ4v) is 2.27. The van der Waals surface area contributed by atoms with Crippen molar-refractivity contribution in [3.8, 4) is 5.75 Å². The molecule has 0 saturated carbocycles. The lowest BCUT2D eigenvalue weighted by Gasteiger charge is -2.15. The highest BCUT2D eigenvalue weighted by molar-refractivity contribution is 5.76. The fourth-order valence-electron chi connectivity index (χ4n) is 2.27. The van der Waals surface area contributed by atoms with Crippen LogP contribution in [0, 0.1) is 0 Å². The number of para-hydroxylation sites is 1. The van der Waals surface area contributed by atoms with E-state index in [0.29, 0.717) is 0 Å². The summed E-state index contributed by atoms with van der Waals surface area (Å²) in [7, 11) is 0. The number of rotatable bonds is 7. The predicted molar refractivity (Wildman–Crippen MR) is 87.9 cm³/mol. The molecule has 4 nitrogen and oxygen atoms in total. The van der Waals surface area contributed by atoms with Crippen molar-refractivity contribution in [3.05, 3.63) is 65.7 Å². The Kier molecular flexibility index (Phi) is 6.41. The van der Waals surface area contributed by atoms with Gasteiger partial charge in [0.25, 0.3) is 0 Å². The van der Waals surface area contributed by atoms with Crippen molar-refractivity contribution in [2.45, 2.75) is 18.6 Å². The van der Waals surface area contributed by atoms with Crippen molar-refractivity contribution in [3.63, 3.8) is 0 Å². The topological polar surface area (TPSA) is 64.4 Å². The van der Waals surface area contributed by atoms with Gasteiger partial charge in [0.1, 0.15) is 12.4 Å². The van der Waals surface area contributed by atoms with E-state index in [1.165, 1.54) is 18.2 Å². The van der Waals surface area contributed by atoms with Crippen LogP contribution < -0.4 is 15.8 Å². The van der Waals surface area contributed by atoms with Crippen LogP contribution in [0.15, 0.2) is 54.6 Å². The lowest BCUT2D eigenvalue weighted by molar-refractivity contribution is -0.139. The van der Waals surface area contributed by atoms with Crippen molar-refractivity contribution in [1.82, 2.24) is 5.32 Å². The number of halogens is 3. The number of ether oxygens (including phenoxy) is 1. The van der Waals surface area contributed by atoms with Crippen LogP contribution in [0.3, 0.4) is 0 Å². The monoisotopic (exact) mass is 352 g/mol. The average Bonchev–Trinajstić information content (AvgIpc) is 2.59. The van der Waals surface area contributed by atoms with Crippen molar-refractivity contribution in [2.24, 2.45) is 5.73 Å². The van der Waals surface area contributed by atoms with Crippen LogP contribution in [0.4, 0.5) is 13.2 Å². The smallest absolute Gasteiger partial charge is 0.419 e. The molecule has 1 amide bonds. The van der Waals surface area contributed by atoms with Crippen LogP contribution in [-0.2, 0) is 11.0 Å². The number of carbonyl (C=O) groups excluding carboxylic acids is 1. The first-order valence-corrected chi connectivity index (χ1v) is 7.74. The van der Waals surface area contributed by atoms with Gasteiger partial charge >= 0.3 is 6.18 Å². The Labute approximate surface area is 143 Å². The molecule has 0 radical (unpaired) electrons. The molecule has 0 aliphatic heterocycles. The standard InChI is InChI=1S/C18H19F3N2O2/c19-18(20,21)14-8-4-5-9-16(14)25-11-10-23-17(24)12-15(22)13-6-2-1-3-7-13/h1-9,15H,10-12,22H2,(H,23,24). The number of alkyl halides is 3. The van der Waals surface area contributed by atoms with E-state index < -0.39 is 17.8 Å². The Morgan fingerprint density at radius 2 is 1.72 bits per heavy atom. The Morgan fingerprint density at radius 1 is 1.08 bits per heavy atom. The summed E-state index contributed by atoms with van der Waals surface area (Å²) >= 11 is 0. The Bertz CT molecular complexity index is 690. The lowest BCUT2D eigenvalue weighted by Crippen LogP contribution is -2.31. The highest BCUT2D eigenvalue weighted by Crippen LogP contribution is 2.35. The molecule has 0 aliphatic carbocycles. The van der Waals surface area contributed by atoms with Gasteiger partial charge in [-0.1, -0.05) is 42.5 Å². The quantitative estimate of drug-likeness (QED) is 0.752. The minimum Gasteiger partial charge on any atom is -0.491 e. The second-order valence-electron chi connectivity index (χ2n) is 5.41. The minimum atomic E-state index is -4.48. The number of hydrogen-bond acceptors (Lipinski definition) is 3. The molecule has 25 heavy (non-hydrogen) atoms. The fraction of sp³-hybridized carbons (Fsp3) is 0.278. The van der Waals surface area contributed by atoms with Gasteiger partial charge in [0.15, 0.2) is 0 Å². The number of carbonyl (C=O) groups is 1. The number of amides is 1. The zero-order valence-electron chi connectivity index (χ0n) is 13.4. The summed E-state index contributed by atoms with van der Waals surface area (Å²) in [6, 6.07) is 13.7. The summed E-state index contributed by atoms with van der Waals surface area (Å²) in [4.78, 5) is 11.8. The first-order valence-electron chi connectivity index (χ1n) is 7.74. The molecule has 1 unspecified atom stereocenters. The molecule has 0 bridgehead atoms. The largest absolute Gasteiger partial charge is 0.491 e. The predicted octanol–water partition coefficient (Wildman–Crippen LogP) is 3.29. The van der Waals surface area contributed by atoms with E-state index >= 15 is 0 Å². The third-order valence-electron chi connectivity index (χ3n) is 3.51. The Hall–Kier alpha value is -2.54. The summed E-state index contributed by atoms with van der Waals surface area (Å²) in [6.07, 6.45) is -4.40. The normalized spacial score (nSPS) is 12.5. The van der Waals surface area contributed by atoms with Crippen LogP contribution in [0.1, 0.15) is 23.6 Å². The number of benzene rings is 2. The van der Waals surface area contributed by atoms with Gasteiger partial charge in [0, 0.05) is 12.5 Å². The van der Waals surface area contributed by atoms with Gasteiger partial charge in [-0.15, -0.1) is 0 Å². The maximum atomic E-state index is 12.8. The third kappa shape index (κ3) is 5.79. The summed E-state index contributed by atoms with van der Waals surface area (Å²) in [5, 5.41) is 2.59. The van der Waals surface area contributed by atoms with Crippen molar-refractivity contribution in [2.75, 3.05) is 13.2 Å². The molecular weight excluding hydrogens is 333 g/mol. The maximum Gasteiger partial charge on any atom is 0.419 e. The number of nitrogens with one attached hydrogen (secondary N) is 1. The summed E-state index contributed by atoms with van der Waals surface area (Å²) in [5.74, 6) is -0.547. The average molecular weight is 352 g/mol. The summed E-state index contributed by atoms with van der Waals surface area (Å²) in [6.45, 7) is 0.0198. The molecular formula is C18H19F3N2O2. The van der Waals surface area contributed by atoms with E-state index in [1.54, 1.807) is 0 Å². The summed E-state index contributed by atoms with van der Waals surface area (Å²) < 4.78 is 43.6. The van der Waals surface area contributed by atoms with Crippen LogP contribution in [0.25, 0.3) is 0 Å². The molecule has 2 aromatic rings. The van der Waals surface area contributed by atoms with E-state index in [2.05, 4.69) is 5.32 Å². The van der Waals surface area contributed by atoms with Crippen LogP contribution in [0.5, 0.6) is 5.75 Å². The molecule has 3 N–H and O–H groups in total. The van der Waals surface area contributed by atoms with E-state index in [0.717, 1.165) is 11.6 Å². The van der Waals surface area contributed by atoms with Gasteiger partial charge in [-0.2, -0.15) is 13.2 Å². The van der Waals surface area contributed by atoms with Gasteiger partial charge in [-0.25, -0.2) is 0 Å². The second kappa shape index (κ2) is 8.53. The van der Waals surface area contributed by atoms with Gasteiger partial charge in [0.2, 0.25) is 5.91 Å². The zero-order chi connectivity index (χ0) is 18.3. The van der Waals surface area contributed by atoms with Gasteiger partial charge < -0.3 is 15.8 Å². The lowest BCUT2D eigenvalue weighted by atomic mass is 10.0. The van der Waals surface area contributed by atoms with Gasteiger partial charge in [-0.05, 0) is 17.7 Å². The highest BCUT2D eigenvalue weighted by Gasteiger charge is 2.33. The first kappa shape index (κ1) is 18.8. The number of nitrogens with two attached hydrogens (primary N) is 1. The van der Waals surface area contributed by atoms with Gasteiger partial charge in [0.05, 0.1) is 12.1 Å². The maximum absolute atomic E-state index is 12.8. The third-order valence-corrected chi connectivity index (χ3v) is 3.51. The molecule has 2 rings (SSSR count). The zero-order valence-corrected chi connectivity index (χ0v) is 13.4. The van der Waals surface area contributed by atoms with E-state index in [4.69, 9.17) is 10.5 Å². The Balaban J connectivity index is 1.77. The molecule has 7 heteroatoms. The van der Waals surface area contributed by atoms with E-state index in [1.807, 2.05) is 30.3 Å². The van der Waals surface area contributed by atoms with Crippen LogP contribution >= 0.6 is 0 Å². The molecule has 134 valence electrons. The molecule has 2 aromatic carbocycles. The molecule has 0 aromatic heterocycles. The highest BCUT2D eigenvalue weighted by atomic mass is 19.4. The first-order chi connectivity index (χ1) is 11.9. The molecule has 0 spiro atoms. The molecule has 0 aliphatic rings. The summed E-state index contributed by atoms with van der Waals surface area (Å²) in [5.41, 5.74) is 5.94. The molecule has 0 heterocycles. The minimum absolute atomic E-state index is 0.0700. The van der Waals surface area contributed by atoms with Crippen molar-refractivity contribution >= 4 is 5.91 Å². The van der Waals surface area contributed by atoms with Crippen LogP contribution in [-0.4, -0.2) is 19.1 Å². The molecule has 1 atom stereocenters. The second-order valence-corrected chi connectivity index (χ2v) is 5.41. The van der Waals surface area contributed by atoms with Crippen LogP contribution in [0.2, 0.25) is 0 Å². The van der Waals surface area contributed by atoms with E-state index in [-0.39, 0.29) is 31.2 Å². The van der Waals surface area contributed by atoms with Crippen molar-refractivity contribution < 1.29 is 22.7 Å².